The van der Waals surface area contributed by atoms with Gasteiger partial charge in [-0.1, -0.05) is 17.7 Å². The van der Waals surface area contributed by atoms with E-state index in [1.807, 2.05) is 0 Å². The minimum atomic E-state index is -4.43. The van der Waals surface area contributed by atoms with Crippen molar-refractivity contribution in [2.75, 3.05) is 11.9 Å². The van der Waals surface area contributed by atoms with Gasteiger partial charge in [-0.3, -0.25) is 0 Å². The molecule has 2 amide bonds. The Morgan fingerprint density at radius 2 is 2.06 bits per heavy atom. The molecule has 0 saturated heterocycles. The number of hydrogen-bond acceptors (Lipinski definition) is 1. The van der Waals surface area contributed by atoms with Gasteiger partial charge >= 0.3 is 12.2 Å². The monoisotopic (exact) mass is 266 g/mol. The summed E-state index contributed by atoms with van der Waals surface area (Å²) in [5, 5.41) is 4.36. The highest BCUT2D eigenvalue weighted by molar-refractivity contribution is 6.31. The Morgan fingerprint density at radius 1 is 1.41 bits per heavy atom. The molecule has 0 aliphatic carbocycles. The second kappa shape index (κ2) is 5.27. The average Bonchev–Trinajstić information content (AvgIpc) is 2.20. The van der Waals surface area contributed by atoms with Crippen molar-refractivity contribution in [1.82, 2.24) is 5.32 Å². The number of hydrogen-bond donors (Lipinski definition) is 2. The Hall–Kier alpha value is -1.43. The number of carbonyl (C=O) groups excluding carboxylic acids is 1. The maximum absolute atomic E-state index is 11.8. The first-order chi connectivity index (χ1) is 7.78. The lowest BCUT2D eigenvalue weighted by molar-refractivity contribution is -0.122. The van der Waals surface area contributed by atoms with Gasteiger partial charge in [0.2, 0.25) is 0 Å². The number of alkyl halides is 3. The van der Waals surface area contributed by atoms with Gasteiger partial charge in [-0.15, -0.1) is 0 Å². The summed E-state index contributed by atoms with van der Waals surface area (Å²) in [6, 6.07) is 3.74. The Bertz CT molecular complexity index is 421. The molecule has 0 fully saturated rings. The number of benzene rings is 1. The summed E-state index contributed by atoms with van der Waals surface area (Å²) < 4.78 is 35.4. The minimum Gasteiger partial charge on any atom is -0.329 e. The summed E-state index contributed by atoms with van der Waals surface area (Å²) in [6.45, 7) is 0.397. The van der Waals surface area contributed by atoms with Gasteiger partial charge in [-0.25, -0.2) is 4.79 Å². The molecule has 0 unspecified atom stereocenters. The normalized spacial score (nSPS) is 11.1. The second-order valence-electron chi connectivity index (χ2n) is 3.39. The standard InChI is InChI=1S/C10H10ClF3N2O/c1-6-2-3-7(4-8(6)11)16-9(17)15-5-10(12,13)14/h2-4H,5H2,1H3,(H2,15,16,17). The lowest BCUT2D eigenvalue weighted by atomic mass is 10.2. The lowest BCUT2D eigenvalue weighted by Crippen LogP contribution is -2.36. The largest absolute Gasteiger partial charge is 0.405 e. The van der Waals surface area contributed by atoms with Crippen LogP contribution in [0.25, 0.3) is 0 Å². The molecule has 3 nitrogen and oxygen atoms in total. The third-order valence-electron chi connectivity index (χ3n) is 1.88. The SMILES string of the molecule is Cc1ccc(NC(=O)NCC(F)(F)F)cc1Cl. The fourth-order valence-electron chi connectivity index (χ4n) is 1.03. The highest BCUT2D eigenvalue weighted by Gasteiger charge is 2.27. The number of urea groups is 1. The van der Waals surface area contributed by atoms with Crippen LogP contribution in [0.3, 0.4) is 0 Å². The topological polar surface area (TPSA) is 41.1 Å². The number of aryl methyl sites for hydroxylation is 1. The molecule has 1 rings (SSSR count). The van der Waals surface area contributed by atoms with Crippen molar-refractivity contribution in [2.45, 2.75) is 13.1 Å². The minimum absolute atomic E-state index is 0.334. The van der Waals surface area contributed by atoms with E-state index >= 15 is 0 Å². The van der Waals surface area contributed by atoms with Crippen LogP contribution in [0.2, 0.25) is 5.02 Å². The van der Waals surface area contributed by atoms with E-state index in [1.165, 1.54) is 6.07 Å². The molecule has 0 aliphatic rings. The number of anilines is 1. The fraction of sp³-hybridized carbons (Fsp3) is 0.300. The summed E-state index contributed by atoms with van der Waals surface area (Å²) in [7, 11) is 0. The van der Waals surface area contributed by atoms with E-state index in [4.69, 9.17) is 11.6 Å². The van der Waals surface area contributed by atoms with Gasteiger partial charge in [0, 0.05) is 10.7 Å². The molecule has 0 atom stereocenters. The molecule has 0 radical (unpaired) electrons. The second-order valence-corrected chi connectivity index (χ2v) is 3.79. The maximum atomic E-state index is 11.8. The van der Waals surface area contributed by atoms with Gasteiger partial charge < -0.3 is 10.6 Å². The molecule has 7 heteroatoms. The highest BCUT2D eigenvalue weighted by atomic mass is 35.5. The van der Waals surface area contributed by atoms with Crippen molar-refractivity contribution < 1.29 is 18.0 Å². The fourth-order valence-corrected chi connectivity index (χ4v) is 1.21. The summed E-state index contributed by atoms with van der Waals surface area (Å²) in [6.07, 6.45) is -4.43. The zero-order valence-electron chi connectivity index (χ0n) is 8.86. The molecule has 0 bridgehead atoms. The molecule has 94 valence electrons. The van der Waals surface area contributed by atoms with Crippen molar-refractivity contribution in [3.63, 3.8) is 0 Å². The van der Waals surface area contributed by atoms with Gasteiger partial charge in [-0.05, 0) is 24.6 Å². The summed E-state index contributed by atoms with van der Waals surface area (Å²) in [5.41, 5.74) is 1.15. The molecule has 17 heavy (non-hydrogen) atoms. The third-order valence-corrected chi connectivity index (χ3v) is 2.29. The molecular weight excluding hydrogens is 257 g/mol. The molecule has 1 aromatic carbocycles. The predicted octanol–water partition coefficient (Wildman–Crippen LogP) is 3.33. The first-order valence-corrected chi connectivity index (χ1v) is 5.03. The number of nitrogens with one attached hydrogen (secondary N) is 2. The van der Waals surface area contributed by atoms with E-state index in [0.717, 1.165) is 5.56 Å². The smallest absolute Gasteiger partial charge is 0.329 e. The molecule has 0 spiro atoms. The number of rotatable bonds is 2. The Kier molecular flexibility index (Phi) is 4.22. The van der Waals surface area contributed by atoms with Crippen molar-refractivity contribution in [2.24, 2.45) is 0 Å². The van der Waals surface area contributed by atoms with E-state index in [2.05, 4.69) is 5.32 Å². The number of halogens is 4. The van der Waals surface area contributed by atoms with E-state index in [9.17, 15) is 18.0 Å². The van der Waals surface area contributed by atoms with Crippen LogP contribution in [0.5, 0.6) is 0 Å². The van der Waals surface area contributed by atoms with Gasteiger partial charge in [0.25, 0.3) is 0 Å². The van der Waals surface area contributed by atoms with Crippen molar-refractivity contribution in [3.05, 3.63) is 28.8 Å². The zero-order valence-corrected chi connectivity index (χ0v) is 9.62. The summed E-state index contributed by atoms with van der Waals surface area (Å²) >= 11 is 5.80. The number of amides is 2. The number of carbonyl (C=O) groups is 1. The zero-order chi connectivity index (χ0) is 13.1. The van der Waals surface area contributed by atoms with Crippen LogP contribution < -0.4 is 10.6 Å². The van der Waals surface area contributed by atoms with Crippen LogP contribution >= 0.6 is 11.6 Å². The highest BCUT2D eigenvalue weighted by Crippen LogP contribution is 2.19. The molecule has 2 N–H and O–H groups in total. The molecule has 0 saturated carbocycles. The predicted molar refractivity (Wildman–Crippen MR) is 59.3 cm³/mol. The van der Waals surface area contributed by atoms with Gasteiger partial charge in [0.1, 0.15) is 6.54 Å². The van der Waals surface area contributed by atoms with Crippen molar-refractivity contribution in [1.29, 1.82) is 0 Å². The van der Waals surface area contributed by atoms with Gasteiger partial charge in [0.15, 0.2) is 0 Å². The van der Waals surface area contributed by atoms with Gasteiger partial charge in [0.05, 0.1) is 0 Å². The Balaban J connectivity index is 2.54. The summed E-state index contributed by atoms with van der Waals surface area (Å²) in [4.78, 5) is 11.1. The van der Waals surface area contributed by atoms with E-state index in [-0.39, 0.29) is 0 Å². The summed E-state index contributed by atoms with van der Waals surface area (Å²) in [5.74, 6) is 0. The molecule has 0 heterocycles. The molecule has 1 aromatic rings. The van der Waals surface area contributed by atoms with Crippen LogP contribution in [-0.4, -0.2) is 18.8 Å². The molecular formula is C10H10ClF3N2O. The molecule has 0 aliphatic heterocycles. The van der Waals surface area contributed by atoms with Crippen LogP contribution in [0, 0.1) is 6.92 Å². The van der Waals surface area contributed by atoms with Crippen LogP contribution in [-0.2, 0) is 0 Å². The van der Waals surface area contributed by atoms with Crippen LogP contribution in [0.15, 0.2) is 18.2 Å². The van der Waals surface area contributed by atoms with E-state index < -0.39 is 18.8 Å². The van der Waals surface area contributed by atoms with Crippen molar-refractivity contribution >= 4 is 23.3 Å². The van der Waals surface area contributed by atoms with Crippen molar-refractivity contribution in [3.8, 4) is 0 Å². The van der Waals surface area contributed by atoms with Crippen LogP contribution in [0.4, 0.5) is 23.7 Å². The Labute approximate surface area is 101 Å². The first kappa shape index (κ1) is 13.6. The quantitative estimate of drug-likeness (QED) is 0.847. The molecule has 0 aromatic heterocycles. The van der Waals surface area contributed by atoms with E-state index in [0.29, 0.717) is 10.7 Å². The van der Waals surface area contributed by atoms with E-state index in [1.54, 1.807) is 24.4 Å². The first-order valence-electron chi connectivity index (χ1n) is 4.66. The average molecular weight is 267 g/mol. The van der Waals surface area contributed by atoms with Crippen LogP contribution in [0.1, 0.15) is 5.56 Å². The third kappa shape index (κ3) is 4.95. The lowest BCUT2D eigenvalue weighted by Gasteiger charge is -2.10. The Morgan fingerprint density at radius 3 is 2.59 bits per heavy atom. The maximum Gasteiger partial charge on any atom is 0.405 e. The van der Waals surface area contributed by atoms with Gasteiger partial charge in [-0.2, -0.15) is 13.2 Å².